The smallest absolute Gasteiger partial charge is 0.337 e. The predicted molar refractivity (Wildman–Crippen MR) is 124 cm³/mol. The van der Waals surface area contributed by atoms with E-state index in [0.29, 0.717) is 54.3 Å². The first-order chi connectivity index (χ1) is 16.4. The average Bonchev–Trinajstić information content (AvgIpc) is 2.86. The molecule has 1 amide bonds. The predicted octanol–water partition coefficient (Wildman–Crippen LogP) is 3.53. The first kappa shape index (κ1) is 23.4. The molecule has 1 saturated heterocycles. The molecule has 0 N–H and O–H groups in total. The number of benzene rings is 2. The van der Waals surface area contributed by atoms with Crippen molar-refractivity contribution in [1.29, 1.82) is 0 Å². The summed E-state index contributed by atoms with van der Waals surface area (Å²) in [6, 6.07) is 10.2. The van der Waals surface area contributed by atoms with Crippen LogP contribution >= 0.6 is 0 Å². The number of hydrogen-bond donors (Lipinski definition) is 0. The second kappa shape index (κ2) is 9.59. The average molecular weight is 466 g/mol. The lowest BCUT2D eigenvalue weighted by atomic mass is 9.82. The van der Waals surface area contributed by atoms with Crippen molar-refractivity contribution < 1.29 is 33.3 Å². The molecule has 0 bridgehead atoms. The van der Waals surface area contributed by atoms with Gasteiger partial charge in [0.15, 0.2) is 17.3 Å². The molecule has 2 heterocycles. The monoisotopic (exact) mass is 465 g/mol. The molecule has 2 aromatic rings. The fraction of sp³-hybridized carbons (Fsp3) is 0.346. The molecular formula is C26H27NO7. The standard InChI is InChI=1S/C26H27NO7/c1-31-21-10-9-19-20(28)16-26(34-23(19)24(21)32-2)12-14-27(15-13-26)22(29)11-6-17-4-7-18(8-5-17)25(30)33-3/h4-11H,12-16H2,1-3H3/b11-6+. The van der Waals surface area contributed by atoms with Gasteiger partial charge >= 0.3 is 5.97 Å². The third-order valence-corrected chi connectivity index (χ3v) is 6.34. The molecule has 0 aliphatic carbocycles. The van der Waals surface area contributed by atoms with E-state index >= 15 is 0 Å². The van der Waals surface area contributed by atoms with Crippen molar-refractivity contribution >= 4 is 23.7 Å². The number of carbonyl (C=O) groups is 3. The highest BCUT2D eigenvalue weighted by Gasteiger charge is 2.45. The summed E-state index contributed by atoms with van der Waals surface area (Å²) < 4.78 is 21.9. The van der Waals surface area contributed by atoms with Gasteiger partial charge in [0.2, 0.25) is 11.7 Å². The van der Waals surface area contributed by atoms with Crippen LogP contribution in [0.4, 0.5) is 0 Å². The Bertz CT molecular complexity index is 1130. The zero-order valence-electron chi connectivity index (χ0n) is 19.5. The van der Waals surface area contributed by atoms with Crippen LogP contribution in [0.1, 0.15) is 45.5 Å². The number of Topliss-reactive ketones (excluding diaryl/α,β-unsaturated/α-hetero) is 1. The van der Waals surface area contributed by atoms with E-state index in [9.17, 15) is 14.4 Å². The molecule has 178 valence electrons. The second-order valence-corrected chi connectivity index (χ2v) is 8.33. The van der Waals surface area contributed by atoms with Crippen molar-refractivity contribution in [2.75, 3.05) is 34.4 Å². The van der Waals surface area contributed by atoms with E-state index in [-0.39, 0.29) is 18.1 Å². The van der Waals surface area contributed by atoms with Gasteiger partial charge in [0.1, 0.15) is 5.60 Å². The molecule has 34 heavy (non-hydrogen) atoms. The van der Waals surface area contributed by atoms with Gasteiger partial charge in [-0.05, 0) is 35.9 Å². The Kier molecular flexibility index (Phi) is 6.58. The Morgan fingerprint density at radius 3 is 2.32 bits per heavy atom. The van der Waals surface area contributed by atoms with Crippen LogP contribution in [0.15, 0.2) is 42.5 Å². The summed E-state index contributed by atoms with van der Waals surface area (Å²) in [6.45, 7) is 0.943. The largest absolute Gasteiger partial charge is 0.493 e. The maximum Gasteiger partial charge on any atom is 0.337 e. The maximum absolute atomic E-state index is 12.9. The highest BCUT2D eigenvalue weighted by atomic mass is 16.5. The van der Waals surface area contributed by atoms with Gasteiger partial charge in [-0.15, -0.1) is 0 Å². The fourth-order valence-corrected chi connectivity index (χ4v) is 4.39. The zero-order valence-corrected chi connectivity index (χ0v) is 19.5. The van der Waals surface area contributed by atoms with Crippen molar-refractivity contribution in [3.63, 3.8) is 0 Å². The van der Waals surface area contributed by atoms with E-state index in [1.165, 1.54) is 27.4 Å². The number of piperidine rings is 1. The Hall–Kier alpha value is -3.81. The molecule has 1 fully saturated rings. The number of likely N-dealkylation sites (tertiary alicyclic amines) is 1. The normalized spacial score (nSPS) is 16.7. The number of carbonyl (C=O) groups excluding carboxylic acids is 3. The van der Waals surface area contributed by atoms with Crippen molar-refractivity contribution in [3.8, 4) is 17.2 Å². The molecule has 0 unspecified atom stereocenters. The van der Waals surface area contributed by atoms with Crippen LogP contribution in [0.5, 0.6) is 17.2 Å². The highest BCUT2D eigenvalue weighted by molar-refractivity contribution is 6.01. The molecule has 0 atom stereocenters. The molecule has 2 aliphatic rings. The zero-order chi connectivity index (χ0) is 24.3. The topological polar surface area (TPSA) is 91.4 Å². The molecule has 1 spiro atoms. The van der Waals surface area contributed by atoms with Gasteiger partial charge in [-0.2, -0.15) is 0 Å². The quantitative estimate of drug-likeness (QED) is 0.493. The van der Waals surface area contributed by atoms with Gasteiger partial charge in [-0.1, -0.05) is 12.1 Å². The minimum atomic E-state index is -0.673. The summed E-state index contributed by atoms with van der Waals surface area (Å²) >= 11 is 0. The minimum absolute atomic E-state index is 0.00252. The van der Waals surface area contributed by atoms with Crippen LogP contribution < -0.4 is 14.2 Å². The molecular weight excluding hydrogens is 438 g/mol. The summed E-state index contributed by atoms with van der Waals surface area (Å²) in [6.07, 6.45) is 4.56. The van der Waals surface area contributed by atoms with Gasteiger partial charge in [0.25, 0.3) is 0 Å². The van der Waals surface area contributed by atoms with Crippen LogP contribution in [0.3, 0.4) is 0 Å². The van der Waals surface area contributed by atoms with E-state index < -0.39 is 11.6 Å². The molecule has 8 heteroatoms. The molecule has 8 nitrogen and oxygen atoms in total. The van der Waals surface area contributed by atoms with Crippen molar-refractivity contribution in [2.24, 2.45) is 0 Å². The highest BCUT2D eigenvalue weighted by Crippen LogP contribution is 2.47. The summed E-state index contributed by atoms with van der Waals surface area (Å²) in [4.78, 5) is 38.9. The Balaban J connectivity index is 1.42. The van der Waals surface area contributed by atoms with E-state index in [1.54, 1.807) is 47.4 Å². The lowest BCUT2D eigenvalue weighted by Crippen LogP contribution is -2.52. The number of fused-ring (bicyclic) bond motifs is 1. The van der Waals surface area contributed by atoms with Gasteiger partial charge in [-0.25, -0.2) is 4.79 Å². The summed E-state index contributed by atoms with van der Waals surface area (Å²) in [5.41, 5.74) is 1.06. The summed E-state index contributed by atoms with van der Waals surface area (Å²) in [7, 11) is 4.39. The molecule has 2 aromatic carbocycles. The third kappa shape index (κ3) is 4.48. The van der Waals surface area contributed by atoms with Crippen LogP contribution in [-0.2, 0) is 9.53 Å². The Morgan fingerprint density at radius 2 is 1.71 bits per heavy atom. The number of rotatable bonds is 5. The number of hydrogen-bond acceptors (Lipinski definition) is 7. The van der Waals surface area contributed by atoms with Crippen molar-refractivity contribution in [3.05, 3.63) is 59.2 Å². The maximum atomic E-state index is 12.9. The second-order valence-electron chi connectivity index (χ2n) is 8.33. The minimum Gasteiger partial charge on any atom is -0.493 e. The fourth-order valence-electron chi connectivity index (χ4n) is 4.39. The number of nitrogens with zero attached hydrogens (tertiary/aromatic N) is 1. The van der Waals surface area contributed by atoms with E-state index in [0.717, 1.165) is 5.56 Å². The van der Waals surface area contributed by atoms with E-state index in [1.807, 2.05) is 0 Å². The SMILES string of the molecule is COC(=O)c1ccc(/C=C/C(=O)N2CCC3(CC2)CC(=O)c2ccc(OC)c(OC)c2O3)cc1. The molecule has 0 saturated carbocycles. The van der Waals surface area contributed by atoms with E-state index in [2.05, 4.69) is 4.74 Å². The first-order valence-electron chi connectivity index (χ1n) is 11.0. The van der Waals surface area contributed by atoms with Gasteiger partial charge < -0.3 is 23.8 Å². The van der Waals surface area contributed by atoms with Gasteiger partial charge in [0.05, 0.1) is 38.9 Å². The summed E-state index contributed by atoms with van der Waals surface area (Å²) in [5, 5.41) is 0. The van der Waals surface area contributed by atoms with Crippen LogP contribution in [0, 0.1) is 0 Å². The molecule has 4 rings (SSSR count). The van der Waals surface area contributed by atoms with Gasteiger partial charge in [-0.3, -0.25) is 9.59 Å². The number of methoxy groups -OCH3 is 3. The van der Waals surface area contributed by atoms with Crippen molar-refractivity contribution in [2.45, 2.75) is 24.9 Å². The van der Waals surface area contributed by atoms with Crippen molar-refractivity contribution in [1.82, 2.24) is 4.90 Å². The first-order valence-corrected chi connectivity index (χ1v) is 11.0. The van der Waals surface area contributed by atoms with Crippen LogP contribution in [0.2, 0.25) is 0 Å². The molecule has 0 radical (unpaired) electrons. The lowest BCUT2D eigenvalue weighted by molar-refractivity contribution is -0.129. The van der Waals surface area contributed by atoms with Crippen LogP contribution in [-0.4, -0.2) is 62.6 Å². The molecule has 2 aliphatic heterocycles. The number of esters is 1. The lowest BCUT2D eigenvalue weighted by Gasteiger charge is -2.44. The van der Waals surface area contributed by atoms with E-state index in [4.69, 9.17) is 14.2 Å². The van der Waals surface area contributed by atoms with Gasteiger partial charge in [0, 0.05) is 32.0 Å². The number of ketones is 1. The number of amides is 1. The summed E-state index contributed by atoms with van der Waals surface area (Å²) in [5.74, 6) is 0.797. The number of ether oxygens (including phenoxy) is 4. The molecule has 0 aromatic heterocycles. The third-order valence-electron chi connectivity index (χ3n) is 6.34. The van der Waals surface area contributed by atoms with Crippen LogP contribution in [0.25, 0.3) is 6.08 Å². The Labute approximate surface area is 198 Å². The Morgan fingerprint density at radius 1 is 1.00 bits per heavy atom.